The zero-order valence-electron chi connectivity index (χ0n) is 10.2. The van der Waals surface area contributed by atoms with Gasteiger partial charge < -0.3 is 5.32 Å². The first-order chi connectivity index (χ1) is 7.79. The first kappa shape index (κ1) is 11.5. The maximum atomic E-state index is 4.37. The van der Waals surface area contributed by atoms with E-state index in [1.54, 1.807) is 0 Å². The van der Waals surface area contributed by atoms with E-state index in [1.165, 1.54) is 25.7 Å². The highest BCUT2D eigenvalue weighted by Gasteiger charge is 2.24. The van der Waals surface area contributed by atoms with Gasteiger partial charge in [-0.15, -0.1) is 0 Å². The molecule has 0 aliphatic heterocycles. The molecular formula is C13H21N3. The molecule has 1 heterocycles. The zero-order valence-corrected chi connectivity index (χ0v) is 10.2. The summed E-state index contributed by atoms with van der Waals surface area (Å²) in [5, 5.41) is 3.62. The highest BCUT2D eigenvalue weighted by atomic mass is 14.9. The van der Waals surface area contributed by atoms with E-state index >= 15 is 0 Å². The van der Waals surface area contributed by atoms with Crippen LogP contribution in [0.1, 0.15) is 44.0 Å². The van der Waals surface area contributed by atoms with Gasteiger partial charge in [-0.2, -0.15) is 0 Å². The molecule has 2 unspecified atom stereocenters. The maximum Gasteiger partial charge on any atom is 0.0724 e. The second kappa shape index (κ2) is 5.39. The fourth-order valence-electron chi connectivity index (χ4n) is 2.54. The highest BCUT2D eigenvalue weighted by Crippen LogP contribution is 2.28. The molecule has 88 valence electrons. The summed E-state index contributed by atoms with van der Waals surface area (Å²) in [6.07, 6.45) is 9.07. The predicted molar refractivity (Wildman–Crippen MR) is 65.0 cm³/mol. The predicted octanol–water partition coefficient (Wildman–Crippen LogP) is 2.45. The van der Waals surface area contributed by atoms with E-state index < -0.39 is 0 Å². The Bertz CT molecular complexity index is 320. The number of hydrogen-bond donors (Lipinski definition) is 1. The Hall–Kier alpha value is -0.960. The quantitative estimate of drug-likeness (QED) is 0.845. The van der Waals surface area contributed by atoms with Gasteiger partial charge in [-0.25, -0.2) is 0 Å². The van der Waals surface area contributed by atoms with Crippen LogP contribution >= 0.6 is 0 Å². The van der Waals surface area contributed by atoms with Gasteiger partial charge in [0.05, 0.1) is 11.4 Å². The molecule has 0 radical (unpaired) electrons. The first-order valence-electron chi connectivity index (χ1n) is 6.30. The number of nitrogens with one attached hydrogen (secondary N) is 1. The molecule has 1 fully saturated rings. The standard InChI is InChI=1S/C13H21N3/c1-3-11-5-4-6-13(11)16-9-12-8-14-10(2)7-15-12/h7-8,11,13,16H,3-6,9H2,1-2H3. The Kier molecular flexibility index (Phi) is 3.88. The largest absolute Gasteiger partial charge is 0.308 e. The van der Waals surface area contributed by atoms with E-state index in [0.29, 0.717) is 6.04 Å². The fourth-order valence-corrected chi connectivity index (χ4v) is 2.54. The molecule has 16 heavy (non-hydrogen) atoms. The minimum Gasteiger partial charge on any atom is -0.308 e. The van der Waals surface area contributed by atoms with Gasteiger partial charge in [0.25, 0.3) is 0 Å². The Morgan fingerprint density at radius 2 is 2.19 bits per heavy atom. The number of aryl methyl sites for hydroxylation is 1. The second-order valence-electron chi connectivity index (χ2n) is 4.74. The normalized spacial score (nSPS) is 24.9. The summed E-state index contributed by atoms with van der Waals surface area (Å²) in [6, 6.07) is 0.688. The number of nitrogens with zero attached hydrogens (tertiary/aromatic N) is 2. The van der Waals surface area contributed by atoms with Crippen molar-refractivity contribution >= 4 is 0 Å². The van der Waals surface area contributed by atoms with E-state index in [2.05, 4.69) is 22.2 Å². The third kappa shape index (κ3) is 2.79. The first-order valence-corrected chi connectivity index (χ1v) is 6.30. The topological polar surface area (TPSA) is 37.8 Å². The van der Waals surface area contributed by atoms with Crippen molar-refractivity contribution in [2.75, 3.05) is 0 Å². The number of aromatic nitrogens is 2. The molecule has 1 aliphatic rings. The Labute approximate surface area is 97.7 Å². The van der Waals surface area contributed by atoms with Crippen LogP contribution in [-0.2, 0) is 6.54 Å². The van der Waals surface area contributed by atoms with E-state index in [9.17, 15) is 0 Å². The monoisotopic (exact) mass is 219 g/mol. The molecule has 2 rings (SSSR count). The molecule has 1 aliphatic carbocycles. The summed E-state index contributed by atoms with van der Waals surface area (Å²) in [7, 11) is 0. The molecule has 2 atom stereocenters. The Morgan fingerprint density at radius 1 is 1.31 bits per heavy atom. The summed E-state index contributed by atoms with van der Waals surface area (Å²) in [5.74, 6) is 0.860. The van der Waals surface area contributed by atoms with Gasteiger partial charge in [-0.05, 0) is 25.7 Å². The second-order valence-corrected chi connectivity index (χ2v) is 4.74. The molecule has 0 saturated heterocycles. The van der Waals surface area contributed by atoms with Crippen molar-refractivity contribution in [1.82, 2.24) is 15.3 Å². The molecule has 0 spiro atoms. The van der Waals surface area contributed by atoms with Crippen LogP contribution in [0.25, 0.3) is 0 Å². The van der Waals surface area contributed by atoms with Gasteiger partial charge in [0.2, 0.25) is 0 Å². The minimum atomic E-state index is 0.688. The SMILES string of the molecule is CCC1CCCC1NCc1cnc(C)cn1. The lowest BCUT2D eigenvalue weighted by molar-refractivity contribution is 0.387. The lowest BCUT2D eigenvalue weighted by Gasteiger charge is -2.19. The van der Waals surface area contributed by atoms with E-state index in [1.807, 2.05) is 19.3 Å². The molecule has 1 aromatic heterocycles. The Morgan fingerprint density at radius 3 is 2.88 bits per heavy atom. The average Bonchev–Trinajstić information content (AvgIpc) is 2.76. The van der Waals surface area contributed by atoms with Crippen LogP contribution < -0.4 is 5.32 Å². The lowest BCUT2D eigenvalue weighted by Crippen LogP contribution is -2.31. The molecule has 1 N–H and O–H groups in total. The van der Waals surface area contributed by atoms with Crippen LogP contribution in [0.2, 0.25) is 0 Å². The minimum absolute atomic E-state index is 0.688. The van der Waals surface area contributed by atoms with Gasteiger partial charge in [0, 0.05) is 25.0 Å². The van der Waals surface area contributed by atoms with Gasteiger partial charge >= 0.3 is 0 Å². The average molecular weight is 219 g/mol. The van der Waals surface area contributed by atoms with Crippen LogP contribution in [0, 0.1) is 12.8 Å². The molecule has 3 nitrogen and oxygen atoms in total. The van der Waals surface area contributed by atoms with Crippen molar-refractivity contribution in [2.45, 2.75) is 52.1 Å². The van der Waals surface area contributed by atoms with Crippen LogP contribution in [0.3, 0.4) is 0 Å². The van der Waals surface area contributed by atoms with Crippen LogP contribution in [-0.4, -0.2) is 16.0 Å². The molecule has 0 amide bonds. The Balaban J connectivity index is 1.85. The van der Waals surface area contributed by atoms with Crippen molar-refractivity contribution in [3.8, 4) is 0 Å². The van der Waals surface area contributed by atoms with Crippen molar-refractivity contribution in [3.05, 3.63) is 23.8 Å². The van der Waals surface area contributed by atoms with Gasteiger partial charge in [-0.3, -0.25) is 9.97 Å². The van der Waals surface area contributed by atoms with Gasteiger partial charge in [-0.1, -0.05) is 19.8 Å². The van der Waals surface area contributed by atoms with Crippen LogP contribution in [0.5, 0.6) is 0 Å². The highest BCUT2D eigenvalue weighted by molar-refractivity contribution is 5.00. The van der Waals surface area contributed by atoms with Crippen LogP contribution in [0.15, 0.2) is 12.4 Å². The van der Waals surface area contributed by atoms with Crippen molar-refractivity contribution < 1.29 is 0 Å². The van der Waals surface area contributed by atoms with Crippen molar-refractivity contribution in [3.63, 3.8) is 0 Å². The maximum absolute atomic E-state index is 4.37. The fraction of sp³-hybridized carbons (Fsp3) is 0.692. The van der Waals surface area contributed by atoms with Gasteiger partial charge in [0.1, 0.15) is 0 Å². The molecule has 3 heteroatoms. The molecule has 1 saturated carbocycles. The van der Waals surface area contributed by atoms with E-state index in [4.69, 9.17) is 0 Å². The summed E-state index contributed by atoms with van der Waals surface area (Å²) in [6.45, 7) is 5.11. The molecule has 0 bridgehead atoms. The van der Waals surface area contributed by atoms with Gasteiger partial charge in [0.15, 0.2) is 0 Å². The zero-order chi connectivity index (χ0) is 11.4. The summed E-state index contributed by atoms with van der Waals surface area (Å²) < 4.78 is 0. The summed E-state index contributed by atoms with van der Waals surface area (Å²) >= 11 is 0. The molecule has 1 aromatic rings. The molecule has 0 aromatic carbocycles. The van der Waals surface area contributed by atoms with Crippen molar-refractivity contribution in [1.29, 1.82) is 0 Å². The van der Waals surface area contributed by atoms with E-state index in [-0.39, 0.29) is 0 Å². The smallest absolute Gasteiger partial charge is 0.0724 e. The summed E-state index contributed by atoms with van der Waals surface area (Å²) in [4.78, 5) is 8.63. The number of hydrogen-bond acceptors (Lipinski definition) is 3. The lowest BCUT2D eigenvalue weighted by atomic mass is 10.0. The van der Waals surface area contributed by atoms with E-state index in [0.717, 1.165) is 23.9 Å². The van der Waals surface area contributed by atoms with Crippen molar-refractivity contribution in [2.24, 2.45) is 5.92 Å². The summed E-state index contributed by atoms with van der Waals surface area (Å²) in [5.41, 5.74) is 2.03. The third-order valence-corrected chi connectivity index (χ3v) is 3.56. The molecular weight excluding hydrogens is 198 g/mol. The third-order valence-electron chi connectivity index (χ3n) is 3.56. The number of rotatable bonds is 4. The van der Waals surface area contributed by atoms with Crippen LogP contribution in [0.4, 0.5) is 0 Å².